The van der Waals surface area contributed by atoms with Crippen molar-refractivity contribution in [3.05, 3.63) is 29.3 Å². The molecule has 0 aliphatic rings. The first kappa shape index (κ1) is 14.1. The monoisotopic (exact) mass is 274 g/mol. The number of carboxylic acids is 1. The average molecular weight is 274 g/mol. The van der Waals surface area contributed by atoms with E-state index in [9.17, 15) is 18.0 Å². The summed E-state index contributed by atoms with van der Waals surface area (Å²) in [5, 5.41) is 8.93. The van der Waals surface area contributed by atoms with Gasteiger partial charge in [-0.25, -0.2) is 9.59 Å². The molecule has 0 saturated carbocycles. The van der Waals surface area contributed by atoms with Gasteiger partial charge in [-0.05, 0) is 18.2 Å². The zero-order valence-corrected chi connectivity index (χ0v) is 10.4. The molecule has 0 heterocycles. The first-order valence-electron chi connectivity index (χ1n) is 4.59. The van der Waals surface area contributed by atoms with E-state index in [1.165, 1.54) is 0 Å². The molecular weight excluding hydrogens is 264 g/mol. The quantitative estimate of drug-likeness (QED) is 0.629. The molecule has 0 amide bonds. The number of esters is 1. The molecule has 7 nitrogen and oxygen atoms in total. The lowest BCUT2D eigenvalue weighted by atomic mass is 10.1. The van der Waals surface area contributed by atoms with Gasteiger partial charge in [-0.3, -0.25) is 4.18 Å². The lowest BCUT2D eigenvalue weighted by molar-refractivity contribution is 0.0600. The summed E-state index contributed by atoms with van der Waals surface area (Å²) in [5.41, 5.74) is -0.621. The van der Waals surface area contributed by atoms with E-state index in [0.717, 1.165) is 32.4 Å². The molecule has 0 atom stereocenters. The van der Waals surface area contributed by atoms with Crippen molar-refractivity contribution >= 4 is 22.1 Å². The third kappa shape index (κ3) is 2.66. The van der Waals surface area contributed by atoms with Crippen LogP contribution in [-0.4, -0.2) is 39.7 Å². The van der Waals surface area contributed by atoms with Crippen molar-refractivity contribution in [2.45, 2.75) is 4.90 Å². The first-order valence-corrected chi connectivity index (χ1v) is 6.00. The second-order valence-corrected chi connectivity index (χ2v) is 4.81. The number of ether oxygens (including phenoxy) is 1. The third-order valence-electron chi connectivity index (χ3n) is 2.12. The number of methoxy groups -OCH3 is 1. The van der Waals surface area contributed by atoms with Gasteiger partial charge in [0.15, 0.2) is 0 Å². The van der Waals surface area contributed by atoms with Gasteiger partial charge in [0.25, 0.3) is 10.1 Å². The standard InChI is InChI=1S/C10H10O7S/c1-16-10(13)6-3-4-8(18(14,15)17-2)7(5-6)9(11)12/h3-5H,1-2H3,(H,11,12). The van der Waals surface area contributed by atoms with E-state index in [0.29, 0.717) is 0 Å². The maximum Gasteiger partial charge on any atom is 0.337 e. The molecule has 0 spiro atoms. The molecule has 98 valence electrons. The van der Waals surface area contributed by atoms with Crippen molar-refractivity contribution < 1.29 is 32.0 Å². The minimum Gasteiger partial charge on any atom is -0.478 e. The Kier molecular flexibility index (Phi) is 4.04. The highest BCUT2D eigenvalue weighted by Crippen LogP contribution is 2.20. The van der Waals surface area contributed by atoms with Gasteiger partial charge in [0, 0.05) is 0 Å². The summed E-state index contributed by atoms with van der Waals surface area (Å²) >= 11 is 0. The molecule has 0 aliphatic heterocycles. The van der Waals surface area contributed by atoms with Gasteiger partial charge in [0.2, 0.25) is 0 Å². The van der Waals surface area contributed by atoms with E-state index in [1.54, 1.807) is 0 Å². The predicted molar refractivity (Wildman–Crippen MR) is 58.9 cm³/mol. The van der Waals surface area contributed by atoms with Gasteiger partial charge in [-0.2, -0.15) is 8.42 Å². The highest BCUT2D eigenvalue weighted by atomic mass is 32.2. The third-order valence-corrected chi connectivity index (χ3v) is 3.45. The minimum atomic E-state index is -4.16. The van der Waals surface area contributed by atoms with Gasteiger partial charge in [0.05, 0.1) is 25.3 Å². The highest BCUT2D eigenvalue weighted by Gasteiger charge is 2.23. The largest absolute Gasteiger partial charge is 0.478 e. The van der Waals surface area contributed by atoms with Crippen LogP contribution in [0.1, 0.15) is 20.7 Å². The minimum absolute atomic E-state index is 0.0649. The van der Waals surface area contributed by atoms with Crippen LogP contribution < -0.4 is 0 Å². The number of carboxylic acid groups (broad SMARTS) is 1. The van der Waals surface area contributed by atoms with Gasteiger partial charge in [-0.15, -0.1) is 0 Å². The lowest BCUT2D eigenvalue weighted by Gasteiger charge is -2.07. The van der Waals surface area contributed by atoms with Crippen molar-refractivity contribution in [1.82, 2.24) is 0 Å². The first-order chi connectivity index (χ1) is 8.33. The van der Waals surface area contributed by atoms with Crippen LogP contribution in [0.3, 0.4) is 0 Å². The van der Waals surface area contributed by atoms with Crippen LogP contribution in [0, 0.1) is 0 Å². The van der Waals surface area contributed by atoms with Crippen molar-refractivity contribution in [1.29, 1.82) is 0 Å². The molecule has 0 radical (unpaired) electrons. The molecule has 0 bridgehead atoms. The molecule has 0 aliphatic carbocycles. The maximum atomic E-state index is 11.5. The van der Waals surface area contributed by atoms with Crippen LogP contribution in [0.4, 0.5) is 0 Å². The fourth-order valence-corrected chi connectivity index (χ4v) is 2.08. The lowest BCUT2D eigenvalue weighted by Crippen LogP contribution is -2.12. The Bertz CT molecular complexity index is 588. The number of hydrogen-bond donors (Lipinski definition) is 1. The summed E-state index contributed by atoms with van der Waals surface area (Å²) < 4.78 is 31.6. The highest BCUT2D eigenvalue weighted by molar-refractivity contribution is 7.86. The Hall–Kier alpha value is -1.93. The van der Waals surface area contributed by atoms with Crippen LogP contribution in [0.15, 0.2) is 23.1 Å². The molecule has 1 aromatic carbocycles. The Morgan fingerprint density at radius 2 is 1.83 bits per heavy atom. The average Bonchev–Trinajstić information content (AvgIpc) is 2.36. The Morgan fingerprint density at radius 3 is 2.28 bits per heavy atom. The molecule has 18 heavy (non-hydrogen) atoms. The predicted octanol–water partition coefficient (Wildman–Crippen LogP) is 0.506. The van der Waals surface area contributed by atoms with Crippen LogP contribution in [0.5, 0.6) is 0 Å². The van der Waals surface area contributed by atoms with Crippen LogP contribution in [-0.2, 0) is 19.0 Å². The van der Waals surface area contributed by atoms with Gasteiger partial charge >= 0.3 is 11.9 Å². The second kappa shape index (κ2) is 5.15. The summed E-state index contributed by atoms with van der Waals surface area (Å²) in [6.07, 6.45) is 0. The Morgan fingerprint density at radius 1 is 1.22 bits per heavy atom. The number of carbonyl (C=O) groups is 2. The normalized spacial score (nSPS) is 11.0. The van der Waals surface area contributed by atoms with Gasteiger partial charge in [0.1, 0.15) is 4.90 Å². The number of carbonyl (C=O) groups excluding carboxylic acids is 1. The smallest absolute Gasteiger partial charge is 0.337 e. The molecular formula is C10H10O7S. The van der Waals surface area contributed by atoms with E-state index >= 15 is 0 Å². The maximum absolute atomic E-state index is 11.5. The fraction of sp³-hybridized carbons (Fsp3) is 0.200. The van der Waals surface area contributed by atoms with Crippen molar-refractivity contribution in [3.8, 4) is 0 Å². The topological polar surface area (TPSA) is 107 Å². The van der Waals surface area contributed by atoms with Crippen LogP contribution >= 0.6 is 0 Å². The van der Waals surface area contributed by atoms with Crippen molar-refractivity contribution in [3.63, 3.8) is 0 Å². The number of rotatable bonds is 4. The summed E-state index contributed by atoms with van der Waals surface area (Å²) in [4.78, 5) is 21.7. The second-order valence-electron chi connectivity index (χ2n) is 3.13. The molecule has 0 aromatic heterocycles. The summed E-state index contributed by atoms with van der Waals surface area (Å²) in [6.45, 7) is 0. The van der Waals surface area contributed by atoms with Crippen LogP contribution in [0.25, 0.3) is 0 Å². The van der Waals surface area contributed by atoms with Crippen molar-refractivity contribution in [2.24, 2.45) is 0 Å². The molecule has 8 heteroatoms. The Balaban J connectivity index is 3.49. The zero-order valence-electron chi connectivity index (χ0n) is 9.54. The van der Waals surface area contributed by atoms with E-state index < -0.39 is 32.5 Å². The summed E-state index contributed by atoms with van der Waals surface area (Å²) in [6, 6.07) is 3.04. The van der Waals surface area contributed by atoms with E-state index in [-0.39, 0.29) is 5.56 Å². The Labute approximate surface area is 103 Å². The van der Waals surface area contributed by atoms with E-state index in [4.69, 9.17) is 5.11 Å². The summed E-state index contributed by atoms with van der Waals surface area (Å²) in [5.74, 6) is -2.25. The number of hydrogen-bond acceptors (Lipinski definition) is 6. The summed E-state index contributed by atoms with van der Waals surface area (Å²) in [7, 11) is -2.12. The van der Waals surface area contributed by atoms with E-state index in [2.05, 4.69) is 8.92 Å². The zero-order chi connectivity index (χ0) is 13.9. The van der Waals surface area contributed by atoms with E-state index in [1.807, 2.05) is 0 Å². The van der Waals surface area contributed by atoms with Crippen LogP contribution in [0.2, 0.25) is 0 Å². The molecule has 0 saturated heterocycles. The molecule has 0 unspecified atom stereocenters. The van der Waals surface area contributed by atoms with Gasteiger partial charge in [-0.1, -0.05) is 0 Å². The van der Waals surface area contributed by atoms with Gasteiger partial charge < -0.3 is 9.84 Å². The molecule has 0 fully saturated rings. The molecule has 1 rings (SSSR count). The van der Waals surface area contributed by atoms with Crippen molar-refractivity contribution in [2.75, 3.05) is 14.2 Å². The SMILES string of the molecule is COC(=O)c1ccc(S(=O)(=O)OC)c(C(=O)O)c1. The molecule has 1 N–H and O–H groups in total. The number of benzene rings is 1. The fourth-order valence-electron chi connectivity index (χ4n) is 1.25. The number of aromatic carboxylic acids is 1. The molecule has 1 aromatic rings.